The molecule has 0 aliphatic carbocycles. The number of nitrogens with one attached hydrogen (secondary N) is 1. The van der Waals surface area contributed by atoms with Crippen molar-refractivity contribution in [2.45, 2.75) is 0 Å². The molecule has 6 heteroatoms. The Bertz CT molecular complexity index is 97.8. The van der Waals surface area contributed by atoms with Gasteiger partial charge in [-0.2, -0.15) is 0 Å². The van der Waals surface area contributed by atoms with E-state index < -0.39 is 0 Å². The molecule has 0 aromatic carbocycles. The number of nitrogens with two attached hydrogens (primary N) is 2. The number of hydrogen-bond donors (Lipinski definition) is 4. The molecule has 9 heavy (non-hydrogen) atoms. The summed E-state index contributed by atoms with van der Waals surface area (Å²) in [5.74, 6) is 10.1. The normalized spacial score (nSPS) is 8.78. The quantitative estimate of drug-likeness (QED) is 0.205. The minimum absolute atomic E-state index is 0.0433. The van der Waals surface area contributed by atoms with Crippen LogP contribution in [0.4, 0.5) is 0 Å². The summed E-state index contributed by atoms with van der Waals surface area (Å²) < 4.78 is 0. The summed E-state index contributed by atoms with van der Waals surface area (Å²) in [4.78, 5) is 0. The van der Waals surface area contributed by atoms with Crippen molar-refractivity contribution in [3.63, 3.8) is 0 Å². The Hall–Kier alpha value is -0.430. The lowest BCUT2D eigenvalue weighted by atomic mass is 10.7. The molecule has 0 amide bonds. The number of hydrazine groups is 2. The first kappa shape index (κ1) is 8.57. The van der Waals surface area contributed by atoms with Gasteiger partial charge in [-0.05, 0) is 12.2 Å². The molecule has 54 valence electrons. The highest BCUT2D eigenvalue weighted by Crippen LogP contribution is 1.75. The van der Waals surface area contributed by atoms with Gasteiger partial charge in [0.05, 0.1) is 13.2 Å². The minimum atomic E-state index is -0.0433. The Morgan fingerprint density at radius 2 is 2.33 bits per heavy atom. The number of aliphatic hydroxyl groups is 1. The van der Waals surface area contributed by atoms with Crippen molar-refractivity contribution in [2.75, 3.05) is 13.2 Å². The lowest BCUT2D eigenvalue weighted by Crippen LogP contribution is -2.48. The summed E-state index contributed by atoms with van der Waals surface area (Å²) in [6.07, 6.45) is 0. The second-order valence-corrected chi connectivity index (χ2v) is 1.75. The Kier molecular flexibility index (Phi) is 4.24. The predicted molar refractivity (Wildman–Crippen MR) is 37.9 cm³/mol. The van der Waals surface area contributed by atoms with Crippen molar-refractivity contribution in [1.82, 2.24) is 10.4 Å². The Morgan fingerprint density at radius 3 is 2.67 bits per heavy atom. The van der Waals surface area contributed by atoms with E-state index in [4.69, 9.17) is 16.8 Å². The number of rotatable bonds is 2. The summed E-state index contributed by atoms with van der Waals surface area (Å²) in [6.45, 7) is 0.237. The molecule has 0 bridgehead atoms. The molecule has 6 N–H and O–H groups in total. The Morgan fingerprint density at radius 1 is 1.78 bits per heavy atom. The summed E-state index contributed by atoms with van der Waals surface area (Å²) in [5.41, 5.74) is 2.17. The molecule has 0 aromatic rings. The zero-order valence-corrected chi connectivity index (χ0v) is 5.69. The fourth-order valence-electron chi connectivity index (χ4n) is 0.292. The maximum atomic E-state index is 8.33. The van der Waals surface area contributed by atoms with Crippen LogP contribution in [0.25, 0.3) is 0 Å². The van der Waals surface area contributed by atoms with Gasteiger partial charge in [-0.25, -0.2) is 11.7 Å². The van der Waals surface area contributed by atoms with Crippen LogP contribution < -0.4 is 17.1 Å². The predicted octanol–water partition coefficient (Wildman–Crippen LogP) is -2.10. The molecule has 0 radical (unpaired) electrons. The monoisotopic (exact) mass is 150 g/mol. The summed E-state index contributed by atoms with van der Waals surface area (Å²) in [6, 6.07) is 0. The van der Waals surface area contributed by atoms with Crippen LogP contribution in [0.3, 0.4) is 0 Å². The van der Waals surface area contributed by atoms with Gasteiger partial charge >= 0.3 is 0 Å². The molecule has 0 aromatic heterocycles. The van der Waals surface area contributed by atoms with Crippen molar-refractivity contribution < 1.29 is 5.11 Å². The summed E-state index contributed by atoms with van der Waals surface area (Å²) in [5, 5.41) is 9.69. The molecular weight excluding hydrogens is 140 g/mol. The van der Waals surface area contributed by atoms with Crippen molar-refractivity contribution in [2.24, 2.45) is 11.7 Å². The van der Waals surface area contributed by atoms with Crippen LogP contribution in [0.15, 0.2) is 0 Å². The zero-order valence-electron chi connectivity index (χ0n) is 4.87. The van der Waals surface area contributed by atoms with Crippen LogP contribution in [-0.4, -0.2) is 28.4 Å². The molecule has 0 aliphatic rings. The minimum Gasteiger partial charge on any atom is -0.394 e. The van der Waals surface area contributed by atoms with Crippen LogP contribution in [0.1, 0.15) is 0 Å². The van der Waals surface area contributed by atoms with Crippen LogP contribution in [-0.2, 0) is 0 Å². The average molecular weight is 150 g/mol. The van der Waals surface area contributed by atoms with Gasteiger partial charge in [0.1, 0.15) is 0 Å². The first-order valence-electron chi connectivity index (χ1n) is 2.36. The van der Waals surface area contributed by atoms with Gasteiger partial charge in [-0.3, -0.25) is 10.4 Å². The van der Waals surface area contributed by atoms with E-state index in [2.05, 4.69) is 17.6 Å². The number of thiocarbonyl (C=S) groups is 1. The van der Waals surface area contributed by atoms with Gasteiger partial charge in [0, 0.05) is 0 Å². The van der Waals surface area contributed by atoms with Crippen LogP contribution in [0.2, 0.25) is 0 Å². The van der Waals surface area contributed by atoms with E-state index >= 15 is 0 Å². The van der Waals surface area contributed by atoms with E-state index in [1.165, 1.54) is 0 Å². The fraction of sp³-hybridized carbons (Fsp3) is 0.667. The molecular formula is C3H10N4OS. The Labute approximate surface area is 58.6 Å². The molecule has 0 fully saturated rings. The summed E-state index contributed by atoms with van der Waals surface area (Å²) in [7, 11) is 0. The van der Waals surface area contributed by atoms with E-state index in [0.717, 1.165) is 5.01 Å². The van der Waals surface area contributed by atoms with Gasteiger partial charge in [0.15, 0.2) is 5.11 Å². The largest absolute Gasteiger partial charge is 0.394 e. The first-order chi connectivity index (χ1) is 4.22. The second-order valence-electron chi connectivity index (χ2n) is 1.37. The van der Waals surface area contributed by atoms with Crippen LogP contribution >= 0.6 is 12.2 Å². The standard InChI is InChI=1S/C3H10N4OS/c4-6-3(9)7(5)1-2-8/h8H,1-2,4-5H2,(H,6,9). The van der Waals surface area contributed by atoms with Gasteiger partial charge < -0.3 is 5.11 Å². The number of nitrogens with zero attached hydrogens (tertiary/aromatic N) is 1. The summed E-state index contributed by atoms with van der Waals surface area (Å²) >= 11 is 4.60. The number of hydrogen-bond acceptors (Lipinski definition) is 4. The van der Waals surface area contributed by atoms with Gasteiger partial charge in [0.25, 0.3) is 0 Å². The molecule has 0 rings (SSSR count). The smallest absolute Gasteiger partial charge is 0.197 e. The van der Waals surface area contributed by atoms with Crippen molar-refractivity contribution in [3.05, 3.63) is 0 Å². The SMILES string of the molecule is NNC(=S)N(N)CCO. The third-order valence-electron chi connectivity index (χ3n) is 0.725. The number of aliphatic hydroxyl groups excluding tert-OH is 1. The molecule has 0 saturated carbocycles. The van der Waals surface area contributed by atoms with Crippen LogP contribution in [0.5, 0.6) is 0 Å². The van der Waals surface area contributed by atoms with Crippen molar-refractivity contribution in [3.8, 4) is 0 Å². The third-order valence-corrected chi connectivity index (χ3v) is 1.08. The van der Waals surface area contributed by atoms with E-state index in [0.29, 0.717) is 0 Å². The highest BCUT2D eigenvalue weighted by Gasteiger charge is 1.98. The molecule has 0 aliphatic heterocycles. The molecule has 0 heterocycles. The van der Waals surface area contributed by atoms with Crippen molar-refractivity contribution >= 4 is 17.3 Å². The molecule has 0 saturated heterocycles. The Balaban J connectivity index is 3.45. The fourth-order valence-corrected chi connectivity index (χ4v) is 0.383. The zero-order chi connectivity index (χ0) is 7.28. The lowest BCUT2D eigenvalue weighted by Gasteiger charge is -2.16. The van der Waals surface area contributed by atoms with Gasteiger partial charge in [0.2, 0.25) is 0 Å². The molecule has 0 atom stereocenters. The van der Waals surface area contributed by atoms with E-state index in [9.17, 15) is 0 Å². The average Bonchev–Trinajstić information content (AvgIpc) is 1.87. The van der Waals surface area contributed by atoms with E-state index in [1.54, 1.807) is 0 Å². The molecule has 0 spiro atoms. The topological polar surface area (TPSA) is 87.5 Å². The van der Waals surface area contributed by atoms with E-state index in [1.807, 2.05) is 0 Å². The third kappa shape index (κ3) is 3.20. The molecule has 0 unspecified atom stereocenters. The van der Waals surface area contributed by atoms with Crippen molar-refractivity contribution in [1.29, 1.82) is 0 Å². The maximum Gasteiger partial charge on any atom is 0.197 e. The highest BCUT2D eigenvalue weighted by molar-refractivity contribution is 7.80. The first-order valence-corrected chi connectivity index (χ1v) is 2.77. The highest BCUT2D eigenvalue weighted by atomic mass is 32.1. The maximum absolute atomic E-state index is 8.33. The van der Waals surface area contributed by atoms with Gasteiger partial charge in [-0.1, -0.05) is 0 Å². The van der Waals surface area contributed by atoms with Gasteiger partial charge in [-0.15, -0.1) is 0 Å². The molecule has 5 nitrogen and oxygen atoms in total. The van der Waals surface area contributed by atoms with E-state index in [-0.39, 0.29) is 18.3 Å². The van der Waals surface area contributed by atoms with Crippen LogP contribution in [0, 0.1) is 0 Å². The lowest BCUT2D eigenvalue weighted by molar-refractivity contribution is 0.250. The second kappa shape index (κ2) is 4.45.